The first-order valence-corrected chi connectivity index (χ1v) is 12.3. The Morgan fingerprint density at radius 1 is 0.974 bits per heavy atom. The Balaban J connectivity index is 1.58. The van der Waals surface area contributed by atoms with Gasteiger partial charge in [-0.05, 0) is 51.0 Å². The number of hydroxylamine groups is 1. The van der Waals surface area contributed by atoms with Gasteiger partial charge in [-0.2, -0.15) is 5.10 Å². The molecule has 0 aliphatic rings. The summed E-state index contributed by atoms with van der Waals surface area (Å²) in [6.45, 7) is 5.31. The van der Waals surface area contributed by atoms with Crippen molar-refractivity contribution < 1.29 is 19.5 Å². The van der Waals surface area contributed by atoms with Gasteiger partial charge in [-0.3, -0.25) is 14.4 Å². The monoisotopic (exact) mass is 513 g/mol. The van der Waals surface area contributed by atoms with E-state index in [1.54, 1.807) is 45.3 Å². The van der Waals surface area contributed by atoms with Crippen LogP contribution in [-0.4, -0.2) is 49.4 Å². The third-order valence-electron chi connectivity index (χ3n) is 5.63. The SMILES string of the molecule is CC(C)(C)ONC(=O)C(O)C(Cc1ccccc1)NC(=O)c1cccnc1-n1ccc(-c2ccccc2)n1. The van der Waals surface area contributed by atoms with Gasteiger partial charge in [0.2, 0.25) is 0 Å². The maximum Gasteiger partial charge on any atom is 0.274 e. The summed E-state index contributed by atoms with van der Waals surface area (Å²) >= 11 is 0. The Labute approximate surface area is 221 Å². The largest absolute Gasteiger partial charge is 0.381 e. The molecule has 0 bridgehead atoms. The summed E-state index contributed by atoms with van der Waals surface area (Å²) < 4.78 is 1.53. The molecule has 2 heterocycles. The molecule has 2 atom stereocenters. The van der Waals surface area contributed by atoms with Crippen molar-refractivity contribution >= 4 is 11.8 Å². The number of pyridine rings is 1. The van der Waals surface area contributed by atoms with E-state index >= 15 is 0 Å². The van der Waals surface area contributed by atoms with Crippen molar-refractivity contribution in [2.75, 3.05) is 0 Å². The number of rotatable bonds is 9. The molecule has 38 heavy (non-hydrogen) atoms. The lowest BCUT2D eigenvalue weighted by molar-refractivity contribution is -0.155. The molecule has 2 aromatic heterocycles. The third-order valence-corrected chi connectivity index (χ3v) is 5.63. The van der Waals surface area contributed by atoms with Gasteiger partial charge < -0.3 is 10.4 Å². The topological polar surface area (TPSA) is 118 Å². The van der Waals surface area contributed by atoms with Crippen molar-refractivity contribution in [3.8, 4) is 17.1 Å². The van der Waals surface area contributed by atoms with Crippen LogP contribution in [0.4, 0.5) is 0 Å². The highest BCUT2D eigenvalue weighted by atomic mass is 16.7. The van der Waals surface area contributed by atoms with Crippen LogP contribution in [0.25, 0.3) is 17.1 Å². The molecule has 0 saturated carbocycles. The molecule has 2 amide bonds. The Morgan fingerprint density at radius 2 is 1.66 bits per heavy atom. The number of aromatic nitrogens is 3. The maximum absolute atomic E-state index is 13.5. The molecule has 0 spiro atoms. The third kappa shape index (κ3) is 6.90. The smallest absolute Gasteiger partial charge is 0.274 e. The van der Waals surface area contributed by atoms with Gasteiger partial charge in [-0.15, -0.1) is 0 Å². The molecule has 2 unspecified atom stereocenters. The van der Waals surface area contributed by atoms with E-state index in [9.17, 15) is 14.7 Å². The van der Waals surface area contributed by atoms with Crippen molar-refractivity contribution in [3.63, 3.8) is 0 Å². The van der Waals surface area contributed by atoms with E-state index in [1.165, 1.54) is 4.68 Å². The fourth-order valence-electron chi connectivity index (χ4n) is 3.76. The van der Waals surface area contributed by atoms with Gasteiger partial charge in [-0.25, -0.2) is 15.1 Å². The predicted molar refractivity (Wildman–Crippen MR) is 143 cm³/mol. The zero-order chi connectivity index (χ0) is 27.1. The zero-order valence-electron chi connectivity index (χ0n) is 21.5. The first-order valence-electron chi connectivity index (χ1n) is 12.3. The molecule has 0 aliphatic heterocycles. The Morgan fingerprint density at radius 3 is 2.34 bits per heavy atom. The van der Waals surface area contributed by atoms with Crippen molar-refractivity contribution in [3.05, 3.63) is 102 Å². The standard InChI is InChI=1S/C29H31N5O4/c1-29(2,3)38-33-28(37)25(35)24(19-20-11-6-4-7-12-20)31-27(36)22-15-10-17-30-26(22)34-18-16-23(32-34)21-13-8-5-9-14-21/h4-18,24-25,35H,19H2,1-3H3,(H,31,36)(H,33,37). The number of amides is 2. The summed E-state index contributed by atoms with van der Waals surface area (Å²) in [5, 5.41) is 18.3. The van der Waals surface area contributed by atoms with Crippen LogP contribution in [0.1, 0.15) is 36.7 Å². The Bertz CT molecular complexity index is 1370. The molecule has 9 nitrogen and oxygen atoms in total. The van der Waals surface area contributed by atoms with Crippen LogP contribution in [0.3, 0.4) is 0 Å². The number of nitrogens with zero attached hydrogens (tertiary/aromatic N) is 3. The molecule has 0 fully saturated rings. The quantitative estimate of drug-likeness (QED) is 0.295. The average Bonchev–Trinajstić information content (AvgIpc) is 3.42. The Hall–Kier alpha value is -4.34. The van der Waals surface area contributed by atoms with Gasteiger partial charge in [0.05, 0.1) is 22.9 Å². The van der Waals surface area contributed by atoms with Gasteiger partial charge in [0.1, 0.15) is 0 Å². The van der Waals surface area contributed by atoms with Crippen molar-refractivity contribution in [1.29, 1.82) is 0 Å². The summed E-state index contributed by atoms with van der Waals surface area (Å²) in [4.78, 5) is 35.9. The van der Waals surface area contributed by atoms with E-state index in [0.717, 1.165) is 16.8 Å². The van der Waals surface area contributed by atoms with Crippen LogP contribution in [0.15, 0.2) is 91.3 Å². The van der Waals surface area contributed by atoms with E-state index in [1.807, 2.05) is 66.7 Å². The highest BCUT2D eigenvalue weighted by Gasteiger charge is 2.30. The average molecular weight is 514 g/mol. The number of nitrogens with one attached hydrogen (secondary N) is 2. The molecular weight excluding hydrogens is 482 g/mol. The highest BCUT2D eigenvalue weighted by Crippen LogP contribution is 2.19. The first kappa shape index (κ1) is 26.7. The molecule has 3 N–H and O–H groups in total. The number of carbonyl (C=O) groups excluding carboxylic acids is 2. The van der Waals surface area contributed by atoms with E-state index in [0.29, 0.717) is 5.82 Å². The maximum atomic E-state index is 13.5. The summed E-state index contributed by atoms with van der Waals surface area (Å²) in [6, 6.07) is 23.1. The second-order valence-corrected chi connectivity index (χ2v) is 9.78. The number of carbonyl (C=O) groups is 2. The lowest BCUT2D eigenvalue weighted by Crippen LogP contribution is -2.52. The molecule has 4 rings (SSSR count). The van der Waals surface area contributed by atoms with E-state index in [4.69, 9.17) is 4.84 Å². The summed E-state index contributed by atoms with van der Waals surface area (Å²) in [5.41, 5.74) is 4.39. The highest BCUT2D eigenvalue weighted by molar-refractivity contribution is 5.97. The van der Waals surface area contributed by atoms with Crippen LogP contribution in [-0.2, 0) is 16.1 Å². The summed E-state index contributed by atoms with van der Waals surface area (Å²) in [7, 11) is 0. The minimum atomic E-state index is -1.57. The molecule has 0 radical (unpaired) electrons. The molecule has 9 heteroatoms. The fraction of sp³-hybridized carbons (Fsp3) is 0.241. The van der Waals surface area contributed by atoms with E-state index in [-0.39, 0.29) is 12.0 Å². The van der Waals surface area contributed by atoms with Gasteiger partial charge in [0.25, 0.3) is 11.8 Å². The summed E-state index contributed by atoms with van der Waals surface area (Å²) in [5.74, 6) is -0.942. The lowest BCUT2D eigenvalue weighted by Gasteiger charge is -2.26. The van der Waals surface area contributed by atoms with Crippen LogP contribution in [0.5, 0.6) is 0 Å². The summed E-state index contributed by atoms with van der Waals surface area (Å²) in [6.07, 6.45) is 1.95. The molecule has 0 saturated heterocycles. The van der Waals surface area contributed by atoms with Gasteiger partial charge in [0, 0.05) is 18.0 Å². The number of aliphatic hydroxyl groups is 1. The Kier molecular flexibility index (Phi) is 8.30. The lowest BCUT2D eigenvalue weighted by atomic mass is 10.00. The van der Waals surface area contributed by atoms with Crippen molar-refractivity contribution in [2.45, 2.75) is 44.9 Å². The number of aliphatic hydroxyl groups excluding tert-OH is 1. The van der Waals surface area contributed by atoms with Crippen molar-refractivity contribution in [2.24, 2.45) is 0 Å². The molecular formula is C29H31N5O4. The number of benzene rings is 2. The van der Waals surface area contributed by atoms with Crippen LogP contribution in [0.2, 0.25) is 0 Å². The first-order chi connectivity index (χ1) is 18.2. The van der Waals surface area contributed by atoms with E-state index < -0.39 is 29.6 Å². The van der Waals surface area contributed by atoms with Gasteiger partial charge >= 0.3 is 0 Å². The second-order valence-electron chi connectivity index (χ2n) is 9.78. The minimum absolute atomic E-state index is 0.214. The molecule has 196 valence electrons. The number of hydrogen-bond donors (Lipinski definition) is 3. The fourth-order valence-corrected chi connectivity index (χ4v) is 3.76. The molecule has 2 aromatic carbocycles. The van der Waals surface area contributed by atoms with E-state index in [2.05, 4.69) is 20.9 Å². The van der Waals surface area contributed by atoms with Crippen LogP contribution in [0, 0.1) is 0 Å². The molecule has 0 aliphatic carbocycles. The van der Waals surface area contributed by atoms with Crippen molar-refractivity contribution in [1.82, 2.24) is 25.6 Å². The second kappa shape index (κ2) is 11.8. The minimum Gasteiger partial charge on any atom is -0.381 e. The van der Waals surface area contributed by atoms with Crippen LogP contribution < -0.4 is 10.8 Å². The zero-order valence-corrected chi connectivity index (χ0v) is 21.5. The van der Waals surface area contributed by atoms with Gasteiger partial charge in [0.15, 0.2) is 11.9 Å². The van der Waals surface area contributed by atoms with Gasteiger partial charge in [-0.1, -0.05) is 60.7 Å². The number of hydrogen-bond acceptors (Lipinski definition) is 6. The normalized spacial score (nSPS) is 12.9. The molecule has 4 aromatic rings. The predicted octanol–water partition coefficient (Wildman–Crippen LogP) is 3.48. The van der Waals surface area contributed by atoms with Crippen LogP contribution >= 0.6 is 0 Å².